The molecule has 0 radical (unpaired) electrons. The van der Waals surface area contributed by atoms with Gasteiger partial charge in [0.15, 0.2) is 0 Å². The van der Waals surface area contributed by atoms with Crippen LogP contribution in [0.3, 0.4) is 0 Å². The molecule has 0 saturated carbocycles. The van der Waals surface area contributed by atoms with Crippen LogP contribution >= 0.6 is 0 Å². The van der Waals surface area contributed by atoms with Crippen LogP contribution in [0.4, 0.5) is 0 Å². The van der Waals surface area contributed by atoms with E-state index in [0.29, 0.717) is 6.04 Å². The van der Waals surface area contributed by atoms with E-state index in [-0.39, 0.29) is 0 Å². The minimum Gasteiger partial charge on any atom is -0.492 e. The number of nitrogens with zero attached hydrogens (tertiary/aromatic N) is 1. The van der Waals surface area contributed by atoms with Crippen molar-refractivity contribution in [2.24, 2.45) is 5.92 Å². The Morgan fingerprint density at radius 3 is 2.38 bits per heavy atom. The van der Waals surface area contributed by atoms with Gasteiger partial charge in [0.1, 0.15) is 12.4 Å². The summed E-state index contributed by atoms with van der Waals surface area (Å²) in [6, 6.07) is 8.90. The smallest absolute Gasteiger partial charge is 0.119 e. The third kappa shape index (κ3) is 8.08. The zero-order valence-corrected chi connectivity index (χ0v) is 14.4. The maximum absolute atomic E-state index is 5.81. The lowest BCUT2D eigenvalue weighted by molar-refractivity contribution is 0.217. The molecular formula is C18H32N2O. The SMILES string of the molecule is CCC(C)CN(C)CCOc1ccc(CNC(C)C)cc1. The highest BCUT2D eigenvalue weighted by Crippen LogP contribution is 2.12. The van der Waals surface area contributed by atoms with Crippen LogP contribution in [0.25, 0.3) is 0 Å². The van der Waals surface area contributed by atoms with E-state index in [0.717, 1.165) is 37.9 Å². The van der Waals surface area contributed by atoms with Crippen molar-refractivity contribution in [2.75, 3.05) is 26.7 Å². The molecule has 3 nitrogen and oxygen atoms in total. The highest BCUT2D eigenvalue weighted by Gasteiger charge is 2.04. The van der Waals surface area contributed by atoms with E-state index >= 15 is 0 Å². The van der Waals surface area contributed by atoms with Gasteiger partial charge in [-0.1, -0.05) is 46.2 Å². The number of ether oxygens (including phenoxy) is 1. The predicted octanol–water partition coefficient (Wildman–Crippen LogP) is 3.54. The molecule has 0 spiro atoms. The number of likely N-dealkylation sites (N-methyl/N-ethyl adjacent to an activating group) is 1. The summed E-state index contributed by atoms with van der Waals surface area (Å²) in [7, 11) is 2.16. The van der Waals surface area contributed by atoms with Crippen molar-refractivity contribution in [3.8, 4) is 5.75 Å². The maximum atomic E-state index is 5.81. The first-order chi connectivity index (χ1) is 10.0. The average Bonchev–Trinajstić information content (AvgIpc) is 2.46. The second kappa shape index (κ2) is 9.80. The first-order valence-electron chi connectivity index (χ1n) is 8.15. The highest BCUT2D eigenvalue weighted by molar-refractivity contribution is 5.27. The van der Waals surface area contributed by atoms with Gasteiger partial charge in [-0.05, 0) is 30.7 Å². The summed E-state index contributed by atoms with van der Waals surface area (Å²) in [6.45, 7) is 12.6. The van der Waals surface area contributed by atoms with Crippen molar-refractivity contribution >= 4 is 0 Å². The summed E-state index contributed by atoms with van der Waals surface area (Å²) in [5.74, 6) is 1.71. The molecule has 0 saturated heterocycles. The van der Waals surface area contributed by atoms with Crippen molar-refractivity contribution in [2.45, 2.75) is 46.7 Å². The van der Waals surface area contributed by atoms with Crippen LogP contribution in [-0.4, -0.2) is 37.7 Å². The Balaban J connectivity index is 2.26. The van der Waals surface area contributed by atoms with Gasteiger partial charge < -0.3 is 15.0 Å². The molecule has 0 amide bonds. The Labute approximate surface area is 130 Å². The van der Waals surface area contributed by atoms with Gasteiger partial charge >= 0.3 is 0 Å². The molecule has 1 atom stereocenters. The summed E-state index contributed by atoms with van der Waals surface area (Å²) in [5, 5.41) is 3.42. The summed E-state index contributed by atoms with van der Waals surface area (Å²) >= 11 is 0. The summed E-state index contributed by atoms with van der Waals surface area (Å²) in [5.41, 5.74) is 1.30. The third-order valence-corrected chi connectivity index (χ3v) is 3.70. The van der Waals surface area contributed by atoms with E-state index in [1.54, 1.807) is 0 Å². The number of hydrogen-bond donors (Lipinski definition) is 1. The zero-order chi connectivity index (χ0) is 15.7. The van der Waals surface area contributed by atoms with Crippen LogP contribution in [0.2, 0.25) is 0 Å². The standard InChI is InChI=1S/C18H32N2O/c1-6-16(4)14-20(5)11-12-21-18-9-7-17(8-10-18)13-19-15(2)3/h7-10,15-16,19H,6,11-14H2,1-5H3. The fraction of sp³-hybridized carbons (Fsp3) is 0.667. The van der Waals surface area contributed by atoms with Crippen LogP contribution in [0.15, 0.2) is 24.3 Å². The monoisotopic (exact) mass is 292 g/mol. The van der Waals surface area contributed by atoms with Crippen LogP contribution in [0.5, 0.6) is 5.75 Å². The molecule has 1 N–H and O–H groups in total. The summed E-state index contributed by atoms with van der Waals surface area (Å²) < 4.78 is 5.81. The Hall–Kier alpha value is -1.06. The van der Waals surface area contributed by atoms with Crippen LogP contribution < -0.4 is 10.1 Å². The Kier molecular flexibility index (Phi) is 8.40. The van der Waals surface area contributed by atoms with Crippen LogP contribution in [0.1, 0.15) is 39.7 Å². The molecular weight excluding hydrogens is 260 g/mol. The maximum Gasteiger partial charge on any atom is 0.119 e. The number of benzene rings is 1. The third-order valence-electron chi connectivity index (χ3n) is 3.70. The minimum absolute atomic E-state index is 0.516. The second-order valence-electron chi connectivity index (χ2n) is 6.30. The van der Waals surface area contributed by atoms with Gasteiger partial charge in [-0.15, -0.1) is 0 Å². The van der Waals surface area contributed by atoms with Gasteiger partial charge in [0, 0.05) is 25.7 Å². The molecule has 0 heterocycles. The van der Waals surface area contributed by atoms with Crippen molar-refractivity contribution in [1.29, 1.82) is 0 Å². The van der Waals surface area contributed by atoms with Crippen LogP contribution in [-0.2, 0) is 6.54 Å². The molecule has 1 aromatic rings. The quantitative estimate of drug-likeness (QED) is 0.714. The van der Waals surface area contributed by atoms with E-state index in [1.165, 1.54) is 12.0 Å². The molecule has 21 heavy (non-hydrogen) atoms. The van der Waals surface area contributed by atoms with Crippen molar-refractivity contribution in [1.82, 2.24) is 10.2 Å². The number of hydrogen-bond acceptors (Lipinski definition) is 3. The van der Waals surface area contributed by atoms with Gasteiger partial charge in [0.05, 0.1) is 0 Å². The van der Waals surface area contributed by atoms with E-state index in [2.05, 4.69) is 69.2 Å². The second-order valence-corrected chi connectivity index (χ2v) is 6.30. The van der Waals surface area contributed by atoms with E-state index < -0.39 is 0 Å². The van der Waals surface area contributed by atoms with Crippen LogP contribution in [0, 0.1) is 5.92 Å². The normalized spacial score (nSPS) is 12.9. The molecule has 0 aliphatic heterocycles. The molecule has 1 rings (SSSR count). The first kappa shape index (κ1) is 18.0. The molecule has 0 aliphatic carbocycles. The first-order valence-corrected chi connectivity index (χ1v) is 8.15. The lowest BCUT2D eigenvalue weighted by atomic mass is 10.1. The fourth-order valence-corrected chi connectivity index (χ4v) is 2.10. The molecule has 1 unspecified atom stereocenters. The van der Waals surface area contributed by atoms with E-state index in [9.17, 15) is 0 Å². The predicted molar refractivity (Wildman–Crippen MR) is 90.9 cm³/mol. The van der Waals surface area contributed by atoms with Crippen molar-refractivity contribution in [3.05, 3.63) is 29.8 Å². The molecule has 120 valence electrons. The van der Waals surface area contributed by atoms with Crippen molar-refractivity contribution in [3.63, 3.8) is 0 Å². The molecule has 0 bridgehead atoms. The largest absolute Gasteiger partial charge is 0.492 e. The Bertz CT molecular complexity index is 375. The van der Waals surface area contributed by atoms with E-state index in [4.69, 9.17) is 4.74 Å². The van der Waals surface area contributed by atoms with E-state index in [1.807, 2.05) is 0 Å². The fourth-order valence-electron chi connectivity index (χ4n) is 2.10. The average molecular weight is 292 g/mol. The summed E-state index contributed by atoms with van der Waals surface area (Å²) in [4.78, 5) is 2.34. The Morgan fingerprint density at radius 1 is 1.14 bits per heavy atom. The molecule has 0 aromatic heterocycles. The van der Waals surface area contributed by atoms with Gasteiger partial charge in [-0.25, -0.2) is 0 Å². The Morgan fingerprint density at radius 2 is 1.81 bits per heavy atom. The zero-order valence-electron chi connectivity index (χ0n) is 14.4. The number of nitrogens with one attached hydrogen (secondary N) is 1. The summed E-state index contributed by atoms with van der Waals surface area (Å²) in [6.07, 6.45) is 1.23. The number of rotatable bonds is 10. The van der Waals surface area contributed by atoms with Gasteiger partial charge in [-0.2, -0.15) is 0 Å². The van der Waals surface area contributed by atoms with Gasteiger partial charge in [0.2, 0.25) is 0 Å². The highest BCUT2D eigenvalue weighted by atomic mass is 16.5. The lowest BCUT2D eigenvalue weighted by Gasteiger charge is -2.20. The minimum atomic E-state index is 0.516. The molecule has 1 aromatic carbocycles. The molecule has 0 aliphatic rings. The van der Waals surface area contributed by atoms with Crippen molar-refractivity contribution < 1.29 is 4.74 Å². The topological polar surface area (TPSA) is 24.5 Å². The van der Waals surface area contributed by atoms with Gasteiger partial charge in [0.25, 0.3) is 0 Å². The van der Waals surface area contributed by atoms with Gasteiger partial charge in [-0.3, -0.25) is 0 Å². The molecule has 3 heteroatoms. The lowest BCUT2D eigenvalue weighted by Crippen LogP contribution is -2.28. The molecule has 0 fully saturated rings.